The quantitative estimate of drug-likeness (QED) is 0.590. The Morgan fingerprint density at radius 2 is 1.62 bits per heavy atom. The number of pyridine rings is 1. The molecule has 1 aromatic rings. The van der Waals surface area contributed by atoms with Crippen LogP contribution in [0.15, 0.2) is 18.3 Å². The van der Waals surface area contributed by atoms with Gasteiger partial charge in [-0.1, -0.05) is 31.6 Å². The summed E-state index contributed by atoms with van der Waals surface area (Å²) < 4.78 is 12.0. The van der Waals surface area contributed by atoms with Crippen molar-refractivity contribution in [1.29, 1.82) is 0 Å². The van der Waals surface area contributed by atoms with Crippen molar-refractivity contribution in [2.45, 2.75) is 58.5 Å². The molecule has 5 heteroatoms. The van der Waals surface area contributed by atoms with Gasteiger partial charge in [0.05, 0.1) is 11.2 Å². The molecular weight excluding hydrogens is 277 g/mol. The van der Waals surface area contributed by atoms with Gasteiger partial charge in [-0.05, 0) is 33.8 Å². The smallest absolute Gasteiger partial charge is 0.399 e. The molecule has 2 heterocycles. The van der Waals surface area contributed by atoms with E-state index in [1.54, 1.807) is 6.20 Å². The molecule has 21 heavy (non-hydrogen) atoms. The third kappa shape index (κ3) is 3.76. The fourth-order valence-corrected chi connectivity index (χ4v) is 2.35. The van der Waals surface area contributed by atoms with Crippen LogP contribution in [0.2, 0.25) is 19.6 Å². The van der Waals surface area contributed by atoms with Gasteiger partial charge in [0.25, 0.3) is 0 Å². The second kappa shape index (κ2) is 5.28. The van der Waals surface area contributed by atoms with E-state index < -0.39 is 8.07 Å². The standard InChI is InChI=1S/C16H24BNO2Si/c1-15(2)16(3,4)20-17(19-15)13-8-9-14(18-12-13)10-11-21(5,6)7/h8-9,12H,1-7H3. The fourth-order valence-electron chi connectivity index (χ4n) is 1.85. The van der Waals surface area contributed by atoms with Gasteiger partial charge in [-0.25, -0.2) is 4.98 Å². The van der Waals surface area contributed by atoms with Crippen LogP contribution >= 0.6 is 0 Å². The monoisotopic (exact) mass is 301 g/mol. The van der Waals surface area contributed by atoms with Crippen molar-refractivity contribution < 1.29 is 9.31 Å². The second-order valence-corrected chi connectivity index (χ2v) is 12.3. The maximum atomic E-state index is 6.01. The summed E-state index contributed by atoms with van der Waals surface area (Å²) in [6.07, 6.45) is 1.80. The predicted molar refractivity (Wildman–Crippen MR) is 90.2 cm³/mol. The molecule has 1 aliphatic rings. The first-order valence-electron chi connectivity index (χ1n) is 7.35. The van der Waals surface area contributed by atoms with E-state index in [1.165, 1.54) is 0 Å². The number of hydrogen-bond donors (Lipinski definition) is 0. The molecule has 0 atom stereocenters. The van der Waals surface area contributed by atoms with Crippen LogP contribution in [0.3, 0.4) is 0 Å². The molecule has 1 fully saturated rings. The minimum absolute atomic E-state index is 0.325. The number of nitrogens with zero attached hydrogens (tertiary/aromatic N) is 1. The lowest BCUT2D eigenvalue weighted by Crippen LogP contribution is -2.41. The van der Waals surface area contributed by atoms with Crippen molar-refractivity contribution in [3.63, 3.8) is 0 Å². The lowest BCUT2D eigenvalue weighted by Gasteiger charge is -2.32. The van der Waals surface area contributed by atoms with E-state index in [-0.39, 0.29) is 18.3 Å². The van der Waals surface area contributed by atoms with Gasteiger partial charge in [-0.15, -0.1) is 5.54 Å². The maximum Gasteiger partial charge on any atom is 0.496 e. The molecule has 0 saturated carbocycles. The molecular formula is C16H24BNO2Si. The minimum atomic E-state index is -1.37. The van der Waals surface area contributed by atoms with Crippen molar-refractivity contribution in [2.24, 2.45) is 0 Å². The second-order valence-electron chi connectivity index (χ2n) is 7.57. The minimum Gasteiger partial charge on any atom is -0.399 e. The van der Waals surface area contributed by atoms with E-state index in [4.69, 9.17) is 9.31 Å². The summed E-state index contributed by atoms with van der Waals surface area (Å²) in [5, 5.41) is 0. The summed E-state index contributed by atoms with van der Waals surface area (Å²) in [6.45, 7) is 14.9. The van der Waals surface area contributed by atoms with Crippen molar-refractivity contribution in [3.05, 3.63) is 24.0 Å². The molecule has 1 aromatic heterocycles. The highest BCUT2D eigenvalue weighted by molar-refractivity contribution is 6.83. The summed E-state index contributed by atoms with van der Waals surface area (Å²) >= 11 is 0. The zero-order valence-electron chi connectivity index (χ0n) is 14.1. The van der Waals surface area contributed by atoms with Crippen LogP contribution in [0.25, 0.3) is 0 Å². The van der Waals surface area contributed by atoms with Gasteiger partial charge < -0.3 is 9.31 Å². The normalized spacial score (nSPS) is 20.0. The highest BCUT2D eigenvalue weighted by Gasteiger charge is 2.51. The van der Waals surface area contributed by atoms with Gasteiger partial charge in [-0.3, -0.25) is 0 Å². The van der Waals surface area contributed by atoms with Crippen LogP contribution < -0.4 is 5.46 Å². The molecule has 0 bridgehead atoms. The van der Waals surface area contributed by atoms with Crippen molar-refractivity contribution in [1.82, 2.24) is 4.98 Å². The molecule has 0 aromatic carbocycles. The van der Waals surface area contributed by atoms with Crippen molar-refractivity contribution in [3.8, 4) is 11.5 Å². The SMILES string of the molecule is CC1(C)OB(c2ccc(C#C[Si](C)(C)C)nc2)OC1(C)C. The molecule has 0 amide bonds. The average molecular weight is 301 g/mol. The van der Waals surface area contributed by atoms with E-state index >= 15 is 0 Å². The first kappa shape index (κ1) is 16.3. The van der Waals surface area contributed by atoms with Gasteiger partial charge >= 0.3 is 7.12 Å². The largest absolute Gasteiger partial charge is 0.496 e. The van der Waals surface area contributed by atoms with Crippen LogP contribution in [0, 0.1) is 11.5 Å². The molecule has 0 radical (unpaired) electrons. The Labute approximate surface area is 129 Å². The van der Waals surface area contributed by atoms with Crippen LogP contribution in [-0.4, -0.2) is 31.4 Å². The molecule has 0 unspecified atom stereocenters. The highest BCUT2D eigenvalue weighted by atomic mass is 28.3. The van der Waals surface area contributed by atoms with E-state index in [0.717, 1.165) is 11.2 Å². The van der Waals surface area contributed by atoms with E-state index in [1.807, 2.05) is 39.8 Å². The van der Waals surface area contributed by atoms with Gasteiger partial charge in [0.2, 0.25) is 0 Å². The number of rotatable bonds is 1. The Kier molecular flexibility index (Phi) is 4.09. The number of hydrogen-bond acceptors (Lipinski definition) is 3. The van der Waals surface area contributed by atoms with E-state index in [0.29, 0.717) is 0 Å². The van der Waals surface area contributed by atoms with E-state index in [2.05, 4.69) is 36.1 Å². The molecule has 1 saturated heterocycles. The topological polar surface area (TPSA) is 31.4 Å². The van der Waals surface area contributed by atoms with Crippen LogP contribution in [0.4, 0.5) is 0 Å². The molecule has 112 valence electrons. The van der Waals surface area contributed by atoms with Crippen molar-refractivity contribution >= 4 is 20.7 Å². The number of aromatic nitrogens is 1. The Bertz CT molecular complexity index is 563. The maximum absolute atomic E-state index is 6.01. The molecule has 1 aliphatic heterocycles. The van der Waals surface area contributed by atoms with Gasteiger partial charge in [0, 0.05) is 11.7 Å². The average Bonchev–Trinajstić information content (AvgIpc) is 2.56. The zero-order valence-corrected chi connectivity index (χ0v) is 15.1. The van der Waals surface area contributed by atoms with Crippen LogP contribution in [0.5, 0.6) is 0 Å². The zero-order chi connectivity index (χ0) is 15.9. The Morgan fingerprint density at radius 3 is 2.05 bits per heavy atom. The first-order chi connectivity index (χ1) is 9.50. The highest BCUT2D eigenvalue weighted by Crippen LogP contribution is 2.36. The van der Waals surface area contributed by atoms with Crippen LogP contribution in [0.1, 0.15) is 33.4 Å². The lowest BCUT2D eigenvalue weighted by atomic mass is 9.80. The first-order valence-corrected chi connectivity index (χ1v) is 10.8. The molecule has 0 aliphatic carbocycles. The van der Waals surface area contributed by atoms with Crippen molar-refractivity contribution in [2.75, 3.05) is 0 Å². The van der Waals surface area contributed by atoms with E-state index in [9.17, 15) is 0 Å². The predicted octanol–water partition coefficient (Wildman–Crippen LogP) is 2.61. The summed E-state index contributed by atoms with van der Waals surface area (Å²) in [7, 11) is -1.73. The third-order valence-corrected chi connectivity index (χ3v) is 4.75. The fraction of sp³-hybridized carbons (Fsp3) is 0.562. The summed E-state index contributed by atoms with van der Waals surface area (Å²) in [5.41, 5.74) is 4.41. The summed E-state index contributed by atoms with van der Waals surface area (Å²) in [6, 6.07) is 3.93. The van der Waals surface area contributed by atoms with Gasteiger partial charge in [0.1, 0.15) is 13.8 Å². The van der Waals surface area contributed by atoms with Gasteiger partial charge in [-0.2, -0.15) is 0 Å². The molecule has 2 rings (SSSR count). The Hall–Kier alpha value is -1.09. The Balaban J connectivity index is 2.16. The van der Waals surface area contributed by atoms with Gasteiger partial charge in [0.15, 0.2) is 0 Å². The Morgan fingerprint density at radius 1 is 1.05 bits per heavy atom. The summed E-state index contributed by atoms with van der Waals surface area (Å²) in [5.74, 6) is 3.15. The summed E-state index contributed by atoms with van der Waals surface area (Å²) in [4.78, 5) is 4.41. The molecule has 3 nitrogen and oxygen atoms in total. The lowest BCUT2D eigenvalue weighted by molar-refractivity contribution is 0.00578. The molecule has 0 spiro atoms. The molecule has 0 N–H and O–H groups in total. The third-order valence-electron chi connectivity index (χ3n) is 3.88. The van der Waals surface area contributed by atoms with Crippen LogP contribution in [-0.2, 0) is 9.31 Å².